The summed E-state index contributed by atoms with van der Waals surface area (Å²) in [5, 5.41) is 5.15. The third-order valence-electron chi connectivity index (χ3n) is 4.99. The summed E-state index contributed by atoms with van der Waals surface area (Å²) in [5.74, 6) is 0.257. The lowest BCUT2D eigenvalue weighted by Gasteiger charge is -2.22. The first-order valence-electron chi connectivity index (χ1n) is 9.66. The second-order valence-corrected chi connectivity index (χ2v) is 8.12. The number of carbonyl (C=O) groups is 1. The van der Waals surface area contributed by atoms with Crippen LogP contribution in [0.2, 0.25) is 0 Å². The Morgan fingerprint density at radius 3 is 2.86 bits per heavy atom. The molecule has 1 saturated heterocycles. The van der Waals surface area contributed by atoms with E-state index in [-0.39, 0.29) is 17.8 Å². The first-order chi connectivity index (χ1) is 13.6. The average molecular weight is 406 g/mol. The molecule has 1 aromatic heterocycles. The highest BCUT2D eigenvalue weighted by molar-refractivity contribution is 7.10. The standard InChI is InChI=1S/C21H28FN3O2S/c1-23-9-7-19(20-4-3-13-28-20)27-17-6-5-16(18(22)14-17)15-25-12-11-24(2)10-8-21(25)26/h3-6,13-14,19,23H,7-12,15H2,1-2H3. The van der Waals surface area contributed by atoms with Gasteiger partial charge in [0.15, 0.2) is 0 Å². The van der Waals surface area contributed by atoms with Crippen molar-refractivity contribution in [2.45, 2.75) is 25.5 Å². The van der Waals surface area contributed by atoms with Crippen molar-refractivity contribution in [2.24, 2.45) is 0 Å². The van der Waals surface area contributed by atoms with Crippen LogP contribution in [0, 0.1) is 5.82 Å². The second kappa shape index (κ2) is 10.0. The Labute approximate surface area is 170 Å². The van der Waals surface area contributed by atoms with E-state index in [1.807, 2.05) is 31.6 Å². The molecule has 152 valence electrons. The molecular formula is C21H28FN3O2S. The van der Waals surface area contributed by atoms with Crippen molar-refractivity contribution in [3.8, 4) is 5.75 Å². The molecule has 0 saturated carbocycles. The Kier molecular flexibility index (Phi) is 7.42. The largest absolute Gasteiger partial charge is 0.485 e. The van der Waals surface area contributed by atoms with Crippen molar-refractivity contribution >= 4 is 17.2 Å². The van der Waals surface area contributed by atoms with Gasteiger partial charge in [0, 0.05) is 55.5 Å². The lowest BCUT2D eigenvalue weighted by atomic mass is 10.1. The van der Waals surface area contributed by atoms with E-state index in [1.165, 1.54) is 6.07 Å². The summed E-state index contributed by atoms with van der Waals surface area (Å²) >= 11 is 1.64. The number of rotatable bonds is 8. The fraction of sp³-hybridized carbons (Fsp3) is 0.476. The van der Waals surface area contributed by atoms with Gasteiger partial charge in [-0.2, -0.15) is 0 Å². The maximum absolute atomic E-state index is 14.7. The van der Waals surface area contributed by atoms with Crippen LogP contribution in [0.25, 0.3) is 0 Å². The number of carbonyl (C=O) groups excluding carboxylic acids is 1. The summed E-state index contributed by atoms with van der Waals surface area (Å²) < 4.78 is 20.8. The fourth-order valence-corrected chi connectivity index (χ4v) is 4.04. The maximum Gasteiger partial charge on any atom is 0.224 e. The summed E-state index contributed by atoms with van der Waals surface area (Å²) in [6.07, 6.45) is 1.17. The zero-order valence-corrected chi connectivity index (χ0v) is 17.3. The first kappa shape index (κ1) is 20.8. The number of nitrogens with one attached hydrogen (secondary N) is 1. The van der Waals surface area contributed by atoms with E-state index < -0.39 is 0 Å². The predicted molar refractivity (Wildman–Crippen MR) is 110 cm³/mol. The maximum atomic E-state index is 14.7. The molecule has 0 bridgehead atoms. The summed E-state index contributed by atoms with van der Waals surface area (Å²) in [6.45, 7) is 3.29. The summed E-state index contributed by atoms with van der Waals surface area (Å²) in [7, 11) is 3.91. The van der Waals surface area contributed by atoms with Crippen molar-refractivity contribution < 1.29 is 13.9 Å². The number of halogens is 1. The number of thiophene rings is 1. The van der Waals surface area contributed by atoms with E-state index >= 15 is 0 Å². The van der Waals surface area contributed by atoms with Gasteiger partial charge < -0.3 is 19.9 Å². The summed E-state index contributed by atoms with van der Waals surface area (Å²) in [4.78, 5) is 17.3. The van der Waals surface area contributed by atoms with Crippen LogP contribution >= 0.6 is 11.3 Å². The molecule has 2 heterocycles. The van der Waals surface area contributed by atoms with Gasteiger partial charge in [0.25, 0.3) is 0 Å². The molecule has 0 spiro atoms. The third kappa shape index (κ3) is 5.53. The number of ether oxygens (including phenoxy) is 1. The predicted octanol–water partition coefficient (Wildman–Crippen LogP) is 3.28. The van der Waals surface area contributed by atoms with E-state index in [2.05, 4.69) is 10.2 Å². The molecule has 1 N–H and O–H groups in total. The smallest absolute Gasteiger partial charge is 0.224 e. The summed E-state index contributed by atoms with van der Waals surface area (Å²) in [5.41, 5.74) is 0.521. The number of nitrogens with zero attached hydrogens (tertiary/aromatic N) is 2. The number of hydrogen-bond donors (Lipinski definition) is 1. The normalized spacial score (nSPS) is 16.8. The molecule has 1 aliphatic rings. The first-order valence-corrected chi connectivity index (χ1v) is 10.5. The minimum Gasteiger partial charge on any atom is -0.485 e. The van der Waals surface area contributed by atoms with Crippen molar-refractivity contribution in [2.75, 3.05) is 40.3 Å². The van der Waals surface area contributed by atoms with Crippen LogP contribution < -0.4 is 10.1 Å². The van der Waals surface area contributed by atoms with Crippen LogP contribution in [0.5, 0.6) is 5.75 Å². The molecule has 0 aliphatic carbocycles. The van der Waals surface area contributed by atoms with Gasteiger partial charge in [-0.1, -0.05) is 12.1 Å². The molecule has 1 amide bonds. The lowest BCUT2D eigenvalue weighted by Crippen LogP contribution is -2.32. The number of benzene rings is 1. The zero-order chi connectivity index (χ0) is 19.9. The van der Waals surface area contributed by atoms with E-state index in [0.717, 1.165) is 30.9 Å². The Morgan fingerprint density at radius 1 is 1.29 bits per heavy atom. The molecule has 2 aromatic rings. The van der Waals surface area contributed by atoms with E-state index in [9.17, 15) is 9.18 Å². The van der Waals surface area contributed by atoms with Crippen molar-refractivity contribution in [3.05, 3.63) is 52.0 Å². The van der Waals surface area contributed by atoms with Crippen LogP contribution in [0.1, 0.15) is 29.4 Å². The third-order valence-corrected chi connectivity index (χ3v) is 5.96. The molecule has 5 nitrogen and oxygen atoms in total. The highest BCUT2D eigenvalue weighted by atomic mass is 32.1. The van der Waals surface area contributed by atoms with E-state index in [4.69, 9.17) is 4.74 Å². The molecule has 1 atom stereocenters. The van der Waals surface area contributed by atoms with Gasteiger partial charge in [0.05, 0.1) is 0 Å². The van der Waals surface area contributed by atoms with Gasteiger partial charge in [-0.15, -0.1) is 11.3 Å². The summed E-state index contributed by atoms with van der Waals surface area (Å²) in [6, 6.07) is 9.00. The van der Waals surface area contributed by atoms with Gasteiger partial charge in [-0.25, -0.2) is 4.39 Å². The number of amides is 1. The number of likely N-dealkylation sites (N-methyl/N-ethyl adjacent to an activating group) is 1. The van der Waals surface area contributed by atoms with Gasteiger partial charge in [0.1, 0.15) is 17.7 Å². The van der Waals surface area contributed by atoms with Gasteiger partial charge in [0.2, 0.25) is 5.91 Å². The van der Waals surface area contributed by atoms with E-state index in [1.54, 1.807) is 28.4 Å². The molecule has 0 radical (unpaired) electrons. The van der Waals surface area contributed by atoms with Crippen LogP contribution in [0.3, 0.4) is 0 Å². The van der Waals surface area contributed by atoms with Crippen LogP contribution in [0.4, 0.5) is 4.39 Å². The van der Waals surface area contributed by atoms with Crippen LogP contribution in [0.15, 0.2) is 35.7 Å². The fourth-order valence-electron chi connectivity index (χ4n) is 3.25. The monoisotopic (exact) mass is 405 g/mol. The minimum absolute atomic E-state index is 0.0777. The topological polar surface area (TPSA) is 44.8 Å². The molecular weight excluding hydrogens is 377 g/mol. The van der Waals surface area contributed by atoms with Gasteiger partial charge >= 0.3 is 0 Å². The molecule has 3 rings (SSSR count). The lowest BCUT2D eigenvalue weighted by molar-refractivity contribution is -0.131. The SMILES string of the molecule is CNCCC(Oc1ccc(CN2CCN(C)CCC2=O)c(F)c1)c1cccs1. The molecule has 7 heteroatoms. The molecule has 1 aromatic carbocycles. The van der Waals surface area contributed by atoms with Crippen LogP contribution in [-0.2, 0) is 11.3 Å². The Morgan fingerprint density at radius 2 is 2.14 bits per heavy atom. The Bertz CT molecular complexity index is 769. The van der Waals surface area contributed by atoms with Gasteiger partial charge in [-0.05, 0) is 38.2 Å². The molecule has 28 heavy (non-hydrogen) atoms. The second-order valence-electron chi connectivity index (χ2n) is 7.14. The average Bonchev–Trinajstić information content (AvgIpc) is 3.17. The van der Waals surface area contributed by atoms with Gasteiger partial charge in [-0.3, -0.25) is 4.79 Å². The Balaban J connectivity index is 1.68. The van der Waals surface area contributed by atoms with Crippen molar-refractivity contribution in [3.63, 3.8) is 0 Å². The Hall–Kier alpha value is -1.96. The zero-order valence-electron chi connectivity index (χ0n) is 16.5. The molecule has 1 aliphatic heterocycles. The van der Waals surface area contributed by atoms with Crippen LogP contribution in [-0.4, -0.2) is 56.0 Å². The van der Waals surface area contributed by atoms with E-state index in [0.29, 0.717) is 30.8 Å². The quantitative estimate of drug-likeness (QED) is 0.732. The number of hydrogen-bond acceptors (Lipinski definition) is 5. The van der Waals surface area contributed by atoms with Crippen molar-refractivity contribution in [1.82, 2.24) is 15.1 Å². The highest BCUT2D eigenvalue weighted by Gasteiger charge is 2.21. The molecule has 1 unspecified atom stereocenters. The molecule has 1 fully saturated rings. The van der Waals surface area contributed by atoms with Crippen molar-refractivity contribution in [1.29, 1.82) is 0 Å². The highest BCUT2D eigenvalue weighted by Crippen LogP contribution is 2.29. The minimum atomic E-state index is -0.332.